The Morgan fingerprint density at radius 1 is 1.04 bits per heavy atom. The van der Waals surface area contributed by atoms with Crippen molar-refractivity contribution in [2.24, 2.45) is 22.7 Å². The van der Waals surface area contributed by atoms with Crippen LogP contribution in [-0.2, 0) is 11.8 Å². The second kappa shape index (κ2) is 4.71. The van der Waals surface area contributed by atoms with Gasteiger partial charge in [-0.05, 0) is 66.4 Å². The molecule has 3 aliphatic rings. The molecule has 0 amide bonds. The van der Waals surface area contributed by atoms with Gasteiger partial charge in [-0.1, -0.05) is 45.9 Å². The van der Waals surface area contributed by atoms with Crippen molar-refractivity contribution in [3.05, 3.63) is 35.5 Å². The average molecular weight is 338 g/mol. The van der Waals surface area contributed by atoms with Crippen molar-refractivity contribution >= 4 is 10.9 Å². The minimum atomic E-state index is -0.158. The molecule has 0 spiro atoms. The molecule has 0 aliphatic heterocycles. The van der Waals surface area contributed by atoms with Gasteiger partial charge in [-0.25, -0.2) is 0 Å². The number of H-pyrrole nitrogens is 1. The predicted octanol–water partition coefficient (Wildman–Crippen LogP) is 5.20. The summed E-state index contributed by atoms with van der Waals surface area (Å²) in [6, 6.07) is 8.83. The highest BCUT2D eigenvalue weighted by molar-refractivity contribution is 5.86. The smallest absolute Gasteiger partial charge is 0.0594 e. The van der Waals surface area contributed by atoms with Crippen LogP contribution in [0.3, 0.4) is 0 Å². The molecule has 2 N–H and O–H groups in total. The Kier molecular flexibility index (Phi) is 3.00. The summed E-state index contributed by atoms with van der Waals surface area (Å²) in [7, 11) is 0. The van der Waals surface area contributed by atoms with Crippen molar-refractivity contribution in [1.82, 2.24) is 4.98 Å². The lowest BCUT2D eigenvalue weighted by atomic mass is 9.41. The number of nitrogens with one attached hydrogen (secondary N) is 1. The van der Waals surface area contributed by atoms with E-state index in [2.05, 4.69) is 56.9 Å². The third kappa shape index (κ3) is 1.70. The molecule has 134 valence electrons. The molecule has 2 fully saturated rings. The van der Waals surface area contributed by atoms with E-state index in [0.29, 0.717) is 5.92 Å². The maximum atomic E-state index is 10.7. The van der Waals surface area contributed by atoms with Gasteiger partial charge in [-0.2, -0.15) is 0 Å². The van der Waals surface area contributed by atoms with Gasteiger partial charge in [0.25, 0.3) is 0 Å². The van der Waals surface area contributed by atoms with E-state index < -0.39 is 0 Å². The average Bonchev–Trinajstić information content (AvgIpc) is 3.08. The molecule has 0 bridgehead atoms. The molecule has 2 saturated carbocycles. The molecular weight excluding hydrogens is 306 g/mol. The third-order valence-electron chi connectivity index (χ3n) is 9.05. The number of hydrogen-bond acceptors (Lipinski definition) is 1. The van der Waals surface area contributed by atoms with Gasteiger partial charge in [-0.15, -0.1) is 0 Å². The van der Waals surface area contributed by atoms with E-state index >= 15 is 0 Å². The second-order valence-electron chi connectivity index (χ2n) is 10.1. The lowest BCUT2D eigenvalue weighted by Gasteiger charge is -2.64. The minimum absolute atomic E-state index is 0.00967. The monoisotopic (exact) mass is 337 g/mol. The topological polar surface area (TPSA) is 36.0 Å². The van der Waals surface area contributed by atoms with Crippen molar-refractivity contribution in [3.63, 3.8) is 0 Å². The van der Waals surface area contributed by atoms with E-state index in [0.717, 1.165) is 18.8 Å². The molecule has 0 saturated heterocycles. The highest BCUT2D eigenvalue weighted by Crippen LogP contribution is 2.69. The molecule has 2 aromatic rings. The SMILES string of the molecule is CC1(C)[C@@H](O)CC[C@@]2(C)[C@H]1CC[C@H]1Cc3c([nH]c4ccccc34)[C@@]12C. The first-order valence-electron chi connectivity index (χ1n) is 10.1. The Hall–Kier alpha value is -1.28. The van der Waals surface area contributed by atoms with Crippen LogP contribution in [0.25, 0.3) is 10.9 Å². The Labute approximate surface area is 151 Å². The van der Waals surface area contributed by atoms with Crippen LogP contribution < -0.4 is 0 Å². The number of para-hydroxylation sites is 1. The van der Waals surface area contributed by atoms with Gasteiger partial charge in [0.1, 0.15) is 0 Å². The summed E-state index contributed by atoms with van der Waals surface area (Å²) in [5.41, 5.74) is 4.85. The molecule has 1 aromatic carbocycles. The number of benzene rings is 1. The predicted molar refractivity (Wildman–Crippen MR) is 103 cm³/mol. The number of fused-ring (bicyclic) bond motifs is 7. The molecule has 1 heterocycles. The molecule has 1 aromatic heterocycles. The zero-order valence-corrected chi connectivity index (χ0v) is 16.0. The third-order valence-corrected chi connectivity index (χ3v) is 9.05. The molecule has 0 radical (unpaired) electrons. The summed E-state index contributed by atoms with van der Waals surface area (Å²) in [5.74, 6) is 1.33. The number of hydrogen-bond donors (Lipinski definition) is 2. The summed E-state index contributed by atoms with van der Waals surface area (Å²) >= 11 is 0. The number of aliphatic hydroxyl groups is 1. The highest BCUT2D eigenvalue weighted by Gasteiger charge is 2.65. The van der Waals surface area contributed by atoms with E-state index in [1.165, 1.54) is 35.9 Å². The number of aromatic nitrogens is 1. The molecule has 5 atom stereocenters. The fraction of sp³-hybridized carbons (Fsp3) is 0.652. The Morgan fingerprint density at radius 3 is 2.60 bits per heavy atom. The zero-order valence-electron chi connectivity index (χ0n) is 16.0. The van der Waals surface area contributed by atoms with Crippen LogP contribution in [0.5, 0.6) is 0 Å². The maximum absolute atomic E-state index is 10.7. The van der Waals surface area contributed by atoms with Crippen LogP contribution in [0.15, 0.2) is 24.3 Å². The van der Waals surface area contributed by atoms with Crippen molar-refractivity contribution in [3.8, 4) is 0 Å². The first-order chi connectivity index (χ1) is 11.8. The van der Waals surface area contributed by atoms with Crippen LogP contribution in [0, 0.1) is 22.7 Å². The van der Waals surface area contributed by atoms with Crippen molar-refractivity contribution in [1.29, 1.82) is 0 Å². The molecule has 3 aliphatic carbocycles. The summed E-state index contributed by atoms with van der Waals surface area (Å²) in [4.78, 5) is 3.85. The largest absolute Gasteiger partial charge is 0.393 e. The number of rotatable bonds is 0. The fourth-order valence-corrected chi connectivity index (χ4v) is 7.37. The Balaban J connectivity index is 1.72. The van der Waals surface area contributed by atoms with E-state index in [1.807, 2.05) is 0 Å². The van der Waals surface area contributed by atoms with Gasteiger partial charge < -0.3 is 10.1 Å². The van der Waals surface area contributed by atoms with Crippen molar-refractivity contribution in [2.75, 3.05) is 0 Å². The Morgan fingerprint density at radius 2 is 1.80 bits per heavy atom. The van der Waals surface area contributed by atoms with Crippen LogP contribution in [0.1, 0.15) is 64.6 Å². The fourth-order valence-electron chi connectivity index (χ4n) is 7.37. The van der Waals surface area contributed by atoms with Gasteiger partial charge in [0.15, 0.2) is 0 Å². The van der Waals surface area contributed by atoms with Crippen LogP contribution in [0.4, 0.5) is 0 Å². The first-order valence-corrected chi connectivity index (χ1v) is 10.1. The normalized spacial score (nSPS) is 42.0. The zero-order chi connectivity index (χ0) is 17.6. The lowest BCUT2D eigenvalue weighted by Crippen LogP contribution is -2.61. The Bertz CT molecular complexity index is 849. The lowest BCUT2D eigenvalue weighted by molar-refractivity contribution is -0.156. The van der Waals surface area contributed by atoms with Crippen LogP contribution in [0.2, 0.25) is 0 Å². The van der Waals surface area contributed by atoms with E-state index in [4.69, 9.17) is 0 Å². The van der Waals surface area contributed by atoms with E-state index in [1.54, 1.807) is 5.56 Å². The first kappa shape index (κ1) is 15.9. The summed E-state index contributed by atoms with van der Waals surface area (Å²) < 4.78 is 0. The molecule has 0 unspecified atom stereocenters. The summed E-state index contributed by atoms with van der Waals surface area (Å²) in [6.07, 6.45) is 5.71. The highest BCUT2D eigenvalue weighted by atomic mass is 16.3. The van der Waals surface area contributed by atoms with E-state index in [-0.39, 0.29) is 22.3 Å². The summed E-state index contributed by atoms with van der Waals surface area (Å²) in [6.45, 7) is 9.70. The molecular formula is C23H31NO. The number of aromatic amines is 1. The van der Waals surface area contributed by atoms with E-state index in [9.17, 15) is 5.11 Å². The second-order valence-corrected chi connectivity index (χ2v) is 10.1. The summed E-state index contributed by atoms with van der Waals surface area (Å²) in [5, 5.41) is 12.2. The maximum Gasteiger partial charge on any atom is 0.0594 e. The molecule has 5 rings (SSSR count). The van der Waals surface area contributed by atoms with Crippen molar-refractivity contribution < 1.29 is 5.11 Å². The standard InChI is InChI=1S/C23H31NO/c1-21(2)18-10-9-14-13-16-15-7-5-6-8-17(15)24-20(16)23(14,4)22(18,3)12-11-19(21)25/h5-8,14,18-19,24-25H,9-13H2,1-4H3/t14-,18-,19-,22-,23+/m0/s1. The number of aliphatic hydroxyl groups excluding tert-OH is 1. The molecule has 2 nitrogen and oxygen atoms in total. The van der Waals surface area contributed by atoms with Crippen LogP contribution in [-0.4, -0.2) is 16.2 Å². The quantitative estimate of drug-likeness (QED) is 0.681. The van der Waals surface area contributed by atoms with Crippen molar-refractivity contribution in [2.45, 2.75) is 71.3 Å². The van der Waals surface area contributed by atoms with Gasteiger partial charge in [0.05, 0.1) is 6.10 Å². The minimum Gasteiger partial charge on any atom is -0.393 e. The molecule has 2 heteroatoms. The van der Waals surface area contributed by atoms with Crippen LogP contribution >= 0.6 is 0 Å². The van der Waals surface area contributed by atoms with Gasteiger partial charge in [0.2, 0.25) is 0 Å². The van der Waals surface area contributed by atoms with Gasteiger partial charge in [-0.3, -0.25) is 0 Å². The van der Waals surface area contributed by atoms with Gasteiger partial charge >= 0.3 is 0 Å². The molecule has 25 heavy (non-hydrogen) atoms. The van der Waals surface area contributed by atoms with Gasteiger partial charge in [0, 0.05) is 22.0 Å².